The standard InChI is InChI=1S/C28H26N6S/c1-16(2)17(3)31-21-8-20(11-29-12-21)18-4-5-25-23(9-18)28(34-33-25)26-10-22-24(19-6-7-35-15-19)13-30-14-27(22)32-26/h4-17,31-32H,1-3H3,(H,33,34). The van der Waals surface area contributed by atoms with Crippen LogP contribution >= 0.6 is 11.3 Å². The van der Waals surface area contributed by atoms with Crippen molar-refractivity contribution in [1.82, 2.24) is 25.1 Å². The van der Waals surface area contributed by atoms with Gasteiger partial charge in [-0.05, 0) is 65.1 Å². The Morgan fingerprint density at radius 2 is 1.71 bits per heavy atom. The Bertz CT molecular complexity index is 1630. The largest absolute Gasteiger partial charge is 0.381 e. The normalized spacial score (nSPS) is 12.6. The Balaban J connectivity index is 1.41. The average molecular weight is 479 g/mol. The number of rotatable bonds is 6. The van der Waals surface area contributed by atoms with Crippen LogP contribution in [0.5, 0.6) is 0 Å². The Hall–Kier alpha value is -3.97. The van der Waals surface area contributed by atoms with Crippen LogP contribution < -0.4 is 5.32 Å². The molecule has 5 heterocycles. The number of pyridine rings is 2. The molecule has 0 saturated carbocycles. The zero-order valence-electron chi connectivity index (χ0n) is 19.8. The molecule has 0 aliphatic rings. The minimum Gasteiger partial charge on any atom is -0.381 e. The maximum atomic E-state index is 4.66. The number of benzene rings is 1. The van der Waals surface area contributed by atoms with Gasteiger partial charge in [0, 0.05) is 46.5 Å². The van der Waals surface area contributed by atoms with E-state index in [0.29, 0.717) is 12.0 Å². The van der Waals surface area contributed by atoms with Crippen LogP contribution in [0.3, 0.4) is 0 Å². The molecule has 6 nitrogen and oxygen atoms in total. The molecule has 0 aliphatic carbocycles. The maximum Gasteiger partial charge on any atom is 0.116 e. The molecule has 6 aromatic rings. The van der Waals surface area contributed by atoms with E-state index in [4.69, 9.17) is 0 Å². The fourth-order valence-corrected chi connectivity index (χ4v) is 4.99. The van der Waals surface area contributed by atoms with Crippen molar-refractivity contribution in [3.8, 4) is 33.6 Å². The molecule has 6 rings (SSSR count). The van der Waals surface area contributed by atoms with Gasteiger partial charge in [-0.15, -0.1) is 0 Å². The average Bonchev–Trinajstić information content (AvgIpc) is 3.62. The van der Waals surface area contributed by atoms with E-state index in [9.17, 15) is 0 Å². The second-order valence-corrected chi connectivity index (χ2v) is 10.1. The smallest absolute Gasteiger partial charge is 0.116 e. The van der Waals surface area contributed by atoms with Crippen LogP contribution in [-0.2, 0) is 0 Å². The first kappa shape index (κ1) is 21.6. The van der Waals surface area contributed by atoms with Crippen molar-refractivity contribution in [3.63, 3.8) is 0 Å². The van der Waals surface area contributed by atoms with E-state index in [-0.39, 0.29) is 0 Å². The topological polar surface area (TPSA) is 82.3 Å². The molecule has 7 heteroatoms. The van der Waals surface area contributed by atoms with Crippen LogP contribution in [0.4, 0.5) is 5.69 Å². The number of hydrogen-bond acceptors (Lipinski definition) is 5. The van der Waals surface area contributed by atoms with E-state index < -0.39 is 0 Å². The summed E-state index contributed by atoms with van der Waals surface area (Å²) in [6, 6.07) is 13.2. The summed E-state index contributed by atoms with van der Waals surface area (Å²) in [5.74, 6) is 0.537. The quantitative estimate of drug-likeness (QED) is 0.234. The van der Waals surface area contributed by atoms with Crippen LogP contribution in [-0.4, -0.2) is 31.2 Å². The van der Waals surface area contributed by atoms with E-state index >= 15 is 0 Å². The van der Waals surface area contributed by atoms with Crippen molar-refractivity contribution in [2.45, 2.75) is 26.8 Å². The molecule has 0 saturated heterocycles. The summed E-state index contributed by atoms with van der Waals surface area (Å²) in [7, 11) is 0. The third kappa shape index (κ3) is 3.98. The number of aromatic amines is 2. The Morgan fingerprint density at radius 1 is 0.829 bits per heavy atom. The highest BCUT2D eigenvalue weighted by Gasteiger charge is 2.15. The van der Waals surface area contributed by atoms with E-state index in [1.165, 1.54) is 5.56 Å². The van der Waals surface area contributed by atoms with Crippen molar-refractivity contribution < 1.29 is 0 Å². The molecule has 5 aromatic heterocycles. The number of hydrogen-bond donors (Lipinski definition) is 3. The van der Waals surface area contributed by atoms with Crippen LogP contribution in [0.15, 0.2) is 71.9 Å². The van der Waals surface area contributed by atoms with Gasteiger partial charge in [0.2, 0.25) is 0 Å². The number of fused-ring (bicyclic) bond motifs is 2. The van der Waals surface area contributed by atoms with Gasteiger partial charge in [-0.25, -0.2) is 0 Å². The summed E-state index contributed by atoms with van der Waals surface area (Å²) in [6.45, 7) is 6.63. The molecule has 0 bridgehead atoms. The number of anilines is 1. The lowest BCUT2D eigenvalue weighted by molar-refractivity contribution is 0.560. The Labute approximate surface area is 207 Å². The SMILES string of the molecule is CC(C)C(C)Nc1cncc(-c2ccc3[nH]nc(-c4cc5c(-c6ccsc6)cncc5[nH]4)c3c2)c1. The first-order valence-electron chi connectivity index (χ1n) is 11.8. The number of nitrogens with one attached hydrogen (secondary N) is 3. The summed E-state index contributed by atoms with van der Waals surface area (Å²) in [5, 5.41) is 17.9. The van der Waals surface area contributed by atoms with Gasteiger partial charge in [0.15, 0.2) is 0 Å². The molecule has 174 valence electrons. The second kappa shape index (κ2) is 8.67. The third-order valence-corrected chi connectivity index (χ3v) is 7.34. The molecular formula is C28H26N6S. The van der Waals surface area contributed by atoms with E-state index in [2.05, 4.69) is 98.4 Å². The summed E-state index contributed by atoms with van der Waals surface area (Å²) >= 11 is 1.69. The fourth-order valence-electron chi connectivity index (χ4n) is 4.33. The molecule has 0 spiro atoms. The number of thiophene rings is 1. The van der Waals surface area contributed by atoms with Crippen LogP contribution in [0.2, 0.25) is 0 Å². The molecular weight excluding hydrogens is 452 g/mol. The van der Waals surface area contributed by atoms with Crippen molar-refractivity contribution in [1.29, 1.82) is 0 Å². The van der Waals surface area contributed by atoms with E-state index in [0.717, 1.165) is 55.6 Å². The lowest BCUT2D eigenvalue weighted by Gasteiger charge is -2.19. The van der Waals surface area contributed by atoms with E-state index in [1.54, 1.807) is 11.3 Å². The van der Waals surface area contributed by atoms with Gasteiger partial charge in [-0.3, -0.25) is 15.1 Å². The molecule has 0 aliphatic heterocycles. The molecule has 0 radical (unpaired) electrons. The van der Waals surface area contributed by atoms with Gasteiger partial charge in [0.1, 0.15) is 5.69 Å². The highest BCUT2D eigenvalue weighted by atomic mass is 32.1. The minimum absolute atomic E-state index is 0.366. The van der Waals surface area contributed by atoms with Crippen molar-refractivity contribution in [2.75, 3.05) is 5.32 Å². The predicted octanol–water partition coefficient (Wildman–Crippen LogP) is 7.35. The molecule has 1 aromatic carbocycles. The van der Waals surface area contributed by atoms with Gasteiger partial charge < -0.3 is 10.3 Å². The summed E-state index contributed by atoms with van der Waals surface area (Å²) in [5.41, 5.74) is 9.36. The molecule has 1 unspecified atom stereocenters. The van der Waals surface area contributed by atoms with Gasteiger partial charge in [0.05, 0.1) is 28.6 Å². The highest BCUT2D eigenvalue weighted by molar-refractivity contribution is 7.08. The van der Waals surface area contributed by atoms with Crippen molar-refractivity contribution in [2.24, 2.45) is 5.92 Å². The number of aromatic nitrogens is 5. The summed E-state index contributed by atoms with van der Waals surface area (Å²) < 4.78 is 0. The molecule has 0 amide bonds. The fraction of sp³-hybridized carbons (Fsp3) is 0.179. The van der Waals surface area contributed by atoms with Gasteiger partial charge in [-0.2, -0.15) is 16.4 Å². The summed E-state index contributed by atoms with van der Waals surface area (Å²) in [6.07, 6.45) is 7.59. The first-order valence-corrected chi connectivity index (χ1v) is 12.7. The lowest BCUT2D eigenvalue weighted by Crippen LogP contribution is -2.21. The summed E-state index contributed by atoms with van der Waals surface area (Å²) in [4.78, 5) is 12.5. The Kier molecular flexibility index (Phi) is 5.34. The molecule has 3 N–H and O–H groups in total. The minimum atomic E-state index is 0.366. The Morgan fingerprint density at radius 3 is 2.54 bits per heavy atom. The predicted molar refractivity (Wildman–Crippen MR) is 146 cm³/mol. The monoisotopic (exact) mass is 478 g/mol. The maximum absolute atomic E-state index is 4.66. The number of nitrogens with zero attached hydrogens (tertiary/aromatic N) is 3. The molecule has 0 fully saturated rings. The van der Waals surface area contributed by atoms with E-state index in [1.807, 2.05) is 24.8 Å². The number of H-pyrrole nitrogens is 2. The highest BCUT2D eigenvalue weighted by Crippen LogP contribution is 2.35. The van der Waals surface area contributed by atoms with Crippen LogP contribution in [0.1, 0.15) is 20.8 Å². The van der Waals surface area contributed by atoms with Gasteiger partial charge >= 0.3 is 0 Å². The van der Waals surface area contributed by atoms with Crippen LogP contribution in [0.25, 0.3) is 55.4 Å². The lowest BCUT2D eigenvalue weighted by atomic mass is 10.0. The third-order valence-electron chi connectivity index (χ3n) is 6.66. The van der Waals surface area contributed by atoms with Crippen LogP contribution in [0, 0.1) is 5.92 Å². The second-order valence-electron chi connectivity index (χ2n) is 9.32. The van der Waals surface area contributed by atoms with Crippen molar-refractivity contribution in [3.05, 3.63) is 71.9 Å². The first-order chi connectivity index (χ1) is 17.1. The van der Waals surface area contributed by atoms with Crippen molar-refractivity contribution >= 4 is 38.8 Å². The van der Waals surface area contributed by atoms with Gasteiger partial charge in [0.25, 0.3) is 0 Å². The zero-order chi connectivity index (χ0) is 23.9. The zero-order valence-corrected chi connectivity index (χ0v) is 20.6. The molecule has 35 heavy (non-hydrogen) atoms. The molecule has 1 atom stereocenters. The van der Waals surface area contributed by atoms with Gasteiger partial charge in [-0.1, -0.05) is 19.9 Å².